The number of allylic oxidation sites excluding steroid dienone is 1. The van der Waals surface area contributed by atoms with E-state index in [1.54, 1.807) is 24.3 Å². The van der Waals surface area contributed by atoms with E-state index in [-0.39, 0.29) is 63.1 Å². The molecule has 0 saturated heterocycles. The second-order valence-electron chi connectivity index (χ2n) is 2.58. The minimum atomic E-state index is -4.10. The maximum atomic E-state index is 10.8. The van der Waals surface area contributed by atoms with Crippen molar-refractivity contribution < 1.29 is 13.0 Å². The van der Waals surface area contributed by atoms with Gasteiger partial charge in [-0.2, -0.15) is 8.42 Å². The molecule has 0 amide bonds. The van der Waals surface area contributed by atoms with Gasteiger partial charge >= 0.3 is 0 Å². The predicted molar refractivity (Wildman–Crippen MR) is 55.9 cm³/mol. The molecule has 0 aliphatic carbocycles. The van der Waals surface area contributed by atoms with Crippen molar-refractivity contribution in [3.63, 3.8) is 0 Å². The largest absolute Gasteiger partial charge is 0.294 e. The molecule has 3 nitrogen and oxygen atoms in total. The zero-order valence-electron chi connectivity index (χ0n) is 7.97. The molecule has 0 fully saturated rings. The molecule has 1 aromatic carbocycles. The zero-order chi connectivity index (χ0) is 9.90. The van der Waals surface area contributed by atoms with Crippen molar-refractivity contribution in [1.29, 1.82) is 0 Å². The van der Waals surface area contributed by atoms with Crippen molar-refractivity contribution in [3.05, 3.63) is 42.5 Å². The number of benzene rings is 1. The van der Waals surface area contributed by atoms with E-state index < -0.39 is 10.1 Å². The van der Waals surface area contributed by atoms with Gasteiger partial charge in [0.1, 0.15) is 0 Å². The van der Waals surface area contributed by atoms with Crippen LogP contribution < -0.4 is 0 Å². The van der Waals surface area contributed by atoms with Crippen molar-refractivity contribution in [2.45, 2.75) is 11.3 Å². The van der Waals surface area contributed by atoms with Crippen LogP contribution >= 0.6 is 0 Å². The Hall–Kier alpha value is 0.675. The van der Waals surface area contributed by atoms with Gasteiger partial charge in [0, 0.05) is 58.2 Å². The normalized spacial score (nSPS) is 10.4. The van der Waals surface area contributed by atoms with E-state index in [2.05, 4.69) is 6.58 Å². The monoisotopic (exact) mass is 283 g/mol. The Morgan fingerprint density at radius 1 is 1.36 bits per heavy atom. The summed E-state index contributed by atoms with van der Waals surface area (Å²) >= 11 is 0. The molecule has 1 radical (unpaired) electrons. The molecule has 0 aliphatic heterocycles. The van der Waals surface area contributed by atoms with Crippen LogP contribution in [0.3, 0.4) is 0 Å². The van der Waals surface area contributed by atoms with Gasteiger partial charge in [0.05, 0.1) is 4.90 Å². The summed E-state index contributed by atoms with van der Waals surface area (Å²) in [5, 5.41) is 0. The average Bonchev–Trinajstić information content (AvgIpc) is 2.04. The molecule has 0 spiro atoms. The topological polar surface area (TPSA) is 54.4 Å². The fraction of sp³-hybridized carbons (Fsp3) is 0.111. The minimum Gasteiger partial charge on any atom is -0.282 e. The summed E-state index contributed by atoms with van der Waals surface area (Å²) in [5.41, 5.74) is 0.556. The van der Waals surface area contributed by atoms with Gasteiger partial charge < -0.3 is 0 Å². The third-order valence-corrected chi connectivity index (χ3v) is 2.57. The number of hydrogen-bond acceptors (Lipinski definition) is 2. The standard InChI is InChI=1S/C9H10O3S.Rb/c1-2-5-8-6-3-4-7-9(8)13(10,11)12;/h2-4,6-7H,1,5H2,(H,10,11,12);. The first-order chi connectivity index (χ1) is 6.05. The van der Waals surface area contributed by atoms with Crippen molar-refractivity contribution >= 4 is 68.3 Å². The van der Waals surface area contributed by atoms with E-state index in [0.29, 0.717) is 12.0 Å². The Labute approximate surface area is 133 Å². The molecule has 14 heavy (non-hydrogen) atoms. The van der Waals surface area contributed by atoms with Crippen LogP contribution in [0.15, 0.2) is 41.8 Å². The first kappa shape index (κ1) is 14.7. The van der Waals surface area contributed by atoms with Crippen LogP contribution in [0.1, 0.15) is 5.56 Å². The van der Waals surface area contributed by atoms with Crippen LogP contribution in [0.5, 0.6) is 0 Å². The van der Waals surface area contributed by atoms with Gasteiger partial charge in [-0.1, -0.05) is 24.3 Å². The smallest absolute Gasteiger partial charge is 0.282 e. The second kappa shape index (κ2) is 6.30. The van der Waals surface area contributed by atoms with Crippen molar-refractivity contribution in [3.8, 4) is 0 Å². The van der Waals surface area contributed by atoms with Crippen molar-refractivity contribution in [1.82, 2.24) is 0 Å². The SMILES string of the molecule is C=CCc1ccccc1S(=O)(=O)O.[Rb]. The second-order valence-corrected chi connectivity index (χ2v) is 3.97. The van der Waals surface area contributed by atoms with Crippen LogP contribution in [-0.2, 0) is 16.5 Å². The molecular formula is C9H10O3RbS. The van der Waals surface area contributed by atoms with E-state index in [1.165, 1.54) is 6.07 Å². The summed E-state index contributed by atoms with van der Waals surface area (Å²) in [6.45, 7) is 3.50. The summed E-state index contributed by atoms with van der Waals surface area (Å²) in [6.07, 6.45) is 2.01. The fourth-order valence-electron chi connectivity index (χ4n) is 1.08. The summed E-state index contributed by atoms with van der Waals surface area (Å²) in [7, 11) is -4.10. The molecule has 1 aromatic rings. The summed E-state index contributed by atoms with van der Waals surface area (Å²) < 4.78 is 30.5. The van der Waals surface area contributed by atoms with Gasteiger partial charge in [0.2, 0.25) is 0 Å². The molecule has 0 atom stereocenters. The zero-order valence-corrected chi connectivity index (χ0v) is 13.7. The summed E-state index contributed by atoms with van der Waals surface area (Å²) in [6, 6.07) is 6.29. The maximum Gasteiger partial charge on any atom is 0.294 e. The quantitative estimate of drug-likeness (QED) is 0.672. The Bertz CT molecular complexity index is 412. The van der Waals surface area contributed by atoms with Gasteiger partial charge in [-0.15, -0.1) is 6.58 Å². The molecule has 0 saturated carbocycles. The van der Waals surface area contributed by atoms with Crippen LogP contribution in [0.2, 0.25) is 0 Å². The maximum absolute atomic E-state index is 10.8. The van der Waals surface area contributed by atoms with Gasteiger partial charge in [-0.25, -0.2) is 0 Å². The Morgan fingerprint density at radius 2 is 1.93 bits per heavy atom. The molecule has 0 aromatic heterocycles. The van der Waals surface area contributed by atoms with E-state index in [9.17, 15) is 8.42 Å². The third-order valence-electron chi connectivity index (χ3n) is 1.61. The average molecular weight is 284 g/mol. The molecule has 1 rings (SSSR count). The molecule has 0 heterocycles. The predicted octanol–water partition coefficient (Wildman–Crippen LogP) is 1.28. The number of hydrogen-bond donors (Lipinski definition) is 1. The van der Waals surface area contributed by atoms with Gasteiger partial charge in [0.15, 0.2) is 0 Å². The van der Waals surface area contributed by atoms with Crippen molar-refractivity contribution in [2.75, 3.05) is 0 Å². The first-order valence-electron chi connectivity index (χ1n) is 3.72. The summed E-state index contributed by atoms with van der Waals surface area (Å²) in [4.78, 5) is -0.0464. The molecular weight excluding hydrogens is 274 g/mol. The van der Waals surface area contributed by atoms with Crippen LogP contribution in [0.4, 0.5) is 0 Å². The minimum absolute atomic E-state index is 0. The molecule has 5 heteroatoms. The molecule has 0 bridgehead atoms. The third kappa shape index (κ3) is 4.04. The van der Waals surface area contributed by atoms with Gasteiger partial charge in [0.25, 0.3) is 10.1 Å². The first-order valence-corrected chi connectivity index (χ1v) is 5.16. The molecule has 0 aliphatic rings. The number of rotatable bonds is 3. The van der Waals surface area contributed by atoms with Crippen LogP contribution in [0, 0.1) is 0 Å². The Morgan fingerprint density at radius 3 is 2.43 bits per heavy atom. The Kier molecular flexibility index (Phi) is 6.60. The molecule has 71 valence electrons. The van der Waals surface area contributed by atoms with E-state index in [0.717, 1.165) is 0 Å². The van der Waals surface area contributed by atoms with E-state index >= 15 is 0 Å². The summed E-state index contributed by atoms with van der Waals surface area (Å²) in [5.74, 6) is 0. The van der Waals surface area contributed by atoms with Crippen LogP contribution in [0.25, 0.3) is 0 Å². The van der Waals surface area contributed by atoms with Crippen molar-refractivity contribution in [2.24, 2.45) is 0 Å². The molecule has 0 unspecified atom stereocenters. The van der Waals surface area contributed by atoms with Gasteiger partial charge in [-0.3, -0.25) is 4.55 Å². The molecule has 1 N–H and O–H groups in total. The van der Waals surface area contributed by atoms with E-state index in [4.69, 9.17) is 4.55 Å². The van der Waals surface area contributed by atoms with Gasteiger partial charge in [-0.05, 0) is 18.1 Å². The van der Waals surface area contributed by atoms with Crippen LogP contribution in [-0.4, -0.2) is 71.2 Å². The van der Waals surface area contributed by atoms with E-state index in [1.807, 2.05) is 0 Å². The fourth-order valence-corrected chi connectivity index (χ4v) is 1.81. The Balaban J connectivity index is 0.00000169.